The molecule has 0 aromatic rings. The van der Waals surface area contributed by atoms with Gasteiger partial charge in [0, 0.05) is 6.42 Å². The number of nitriles is 1. The fourth-order valence-corrected chi connectivity index (χ4v) is 1.65. The Labute approximate surface area is 96.5 Å². The summed E-state index contributed by atoms with van der Waals surface area (Å²) in [4.78, 5) is 11.7. The summed E-state index contributed by atoms with van der Waals surface area (Å²) in [6.07, 6.45) is 1.56. The summed E-state index contributed by atoms with van der Waals surface area (Å²) in [5.41, 5.74) is -0.468. The SMILES string of the molecule is CC(C)(C)OC(=O)[C@@H]1CC[C@H](CC#N)CO1. The molecule has 1 heterocycles. The average molecular weight is 225 g/mol. The van der Waals surface area contributed by atoms with Crippen molar-refractivity contribution in [1.82, 2.24) is 0 Å². The van der Waals surface area contributed by atoms with E-state index in [-0.39, 0.29) is 11.9 Å². The van der Waals surface area contributed by atoms with E-state index in [1.165, 1.54) is 0 Å². The van der Waals surface area contributed by atoms with Gasteiger partial charge in [-0.15, -0.1) is 0 Å². The molecule has 1 saturated heterocycles. The smallest absolute Gasteiger partial charge is 0.335 e. The molecule has 0 aromatic carbocycles. The highest BCUT2D eigenvalue weighted by Crippen LogP contribution is 2.23. The second-order valence-electron chi connectivity index (χ2n) is 5.16. The average Bonchev–Trinajstić information content (AvgIpc) is 2.16. The van der Waals surface area contributed by atoms with Crippen molar-refractivity contribution in [2.75, 3.05) is 6.61 Å². The molecular formula is C12H19NO3. The zero-order valence-electron chi connectivity index (χ0n) is 10.2. The Morgan fingerprint density at radius 3 is 2.62 bits per heavy atom. The second-order valence-corrected chi connectivity index (χ2v) is 5.16. The van der Waals surface area contributed by atoms with Crippen molar-refractivity contribution in [3.05, 3.63) is 0 Å². The summed E-state index contributed by atoms with van der Waals surface area (Å²) < 4.78 is 10.7. The lowest BCUT2D eigenvalue weighted by Gasteiger charge is -2.29. The molecule has 1 fully saturated rings. The molecule has 90 valence electrons. The first-order valence-electron chi connectivity index (χ1n) is 5.64. The van der Waals surface area contributed by atoms with Gasteiger partial charge in [-0.25, -0.2) is 4.79 Å². The number of hydrogen-bond donors (Lipinski definition) is 0. The van der Waals surface area contributed by atoms with Gasteiger partial charge in [0.1, 0.15) is 5.60 Å². The van der Waals surface area contributed by atoms with Crippen LogP contribution in [0.5, 0.6) is 0 Å². The van der Waals surface area contributed by atoms with Crippen molar-refractivity contribution in [1.29, 1.82) is 5.26 Å². The Kier molecular flexibility index (Phi) is 4.31. The first-order chi connectivity index (χ1) is 7.42. The van der Waals surface area contributed by atoms with Crippen molar-refractivity contribution >= 4 is 5.97 Å². The van der Waals surface area contributed by atoms with E-state index in [9.17, 15) is 4.79 Å². The van der Waals surface area contributed by atoms with Gasteiger partial charge in [-0.2, -0.15) is 5.26 Å². The summed E-state index contributed by atoms with van der Waals surface area (Å²) in [5.74, 6) is -0.0217. The van der Waals surface area contributed by atoms with E-state index in [2.05, 4.69) is 6.07 Å². The number of nitrogens with zero attached hydrogens (tertiary/aromatic N) is 1. The maximum atomic E-state index is 11.7. The molecular weight excluding hydrogens is 206 g/mol. The Bertz CT molecular complexity index is 280. The highest BCUT2D eigenvalue weighted by molar-refractivity contribution is 5.75. The molecule has 1 aliphatic heterocycles. The van der Waals surface area contributed by atoms with E-state index in [1.807, 2.05) is 20.8 Å². The van der Waals surface area contributed by atoms with E-state index in [1.54, 1.807) is 0 Å². The van der Waals surface area contributed by atoms with Crippen LogP contribution in [0.3, 0.4) is 0 Å². The Hall–Kier alpha value is -1.08. The van der Waals surface area contributed by atoms with Gasteiger partial charge in [-0.1, -0.05) is 0 Å². The molecule has 0 saturated carbocycles. The minimum Gasteiger partial charge on any atom is -0.458 e. The van der Waals surface area contributed by atoms with E-state index < -0.39 is 11.7 Å². The standard InChI is InChI=1S/C12H19NO3/c1-12(2,3)16-11(14)10-5-4-9(6-7-13)8-15-10/h9-10H,4-6,8H2,1-3H3/t9-,10+/m1/s1. The normalized spacial score (nSPS) is 25.9. The third-order valence-electron chi connectivity index (χ3n) is 2.42. The fourth-order valence-electron chi connectivity index (χ4n) is 1.65. The van der Waals surface area contributed by atoms with Gasteiger partial charge in [0.2, 0.25) is 0 Å². The first-order valence-corrected chi connectivity index (χ1v) is 5.64. The van der Waals surface area contributed by atoms with Crippen LogP contribution < -0.4 is 0 Å². The summed E-state index contributed by atoms with van der Waals surface area (Å²) in [7, 11) is 0. The van der Waals surface area contributed by atoms with Gasteiger partial charge in [0.05, 0.1) is 12.7 Å². The van der Waals surface area contributed by atoms with Gasteiger partial charge in [-0.05, 0) is 39.5 Å². The monoisotopic (exact) mass is 225 g/mol. The van der Waals surface area contributed by atoms with Crippen molar-refractivity contribution in [3.8, 4) is 6.07 Å². The maximum Gasteiger partial charge on any atom is 0.335 e. The van der Waals surface area contributed by atoms with Crippen LogP contribution in [-0.4, -0.2) is 24.3 Å². The zero-order valence-corrected chi connectivity index (χ0v) is 10.2. The van der Waals surface area contributed by atoms with Crippen molar-refractivity contribution < 1.29 is 14.3 Å². The summed E-state index contributed by atoms with van der Waals surface area (Å²) >= 11 is 0. The number of hydrogen-bond acceptors (Lipinski definition) is 4. The largest absolute Gasteiger partial charge is 0.458 e. The maximum absolute atomic E-state index is 11.7. The lowest BCUT2D eigenvalue weighted by Crippen LogP contribution is -2.37. The van der Waals surface area contributed by atoms with E-state index >= 15 is 0 Å². The number of rotatable bonds is 2. The lowest BCUT2D eigenvalue weighted by atomic mass is 9.96. The summed E-state index contributed by atoms with van der Waals surface area (Å²) in [6, 6.07) is 2.12. The fraction of sp³-hybridized carbons (Fsp3) is 0.833. The van der Waals surface area contributed by atoms with Gasteiger partial charge >= 0.3 is 5.97 Å². The quantitative estimate of drug-likeness (QED) is 0.675. The highest BCUT2D eigenvalue weighted by Gasteiger charge is 2.30. The lowest BCUT2D eigenvalue weighted by molar-refractivity contribution is -0.173. The molecule has 0 aromatic heterocycles. The molecule has 1 aliphatic rings. The highest BCUT2D eigenvalue weighted by atomic mass is 16.6. The first kappa shape index (κ1) is 13.0. The minimum absolute atomic E-state index is 0.267. The van der Waals surface area contributed by atoms with Crippen LogP contribution in [0.2, 0.25) is 0 Å². The predicted octanol–water partition coefficient (Wildman–Crippen LogP) is 2.04. The van der Waals surface area contributed by atoms with Crippen LogP contribution in [0.15, 0.2) is 0 Å². The number of carbonyl (C=O) groups excluding carboxylic acids is 1. The molecule has 0 radical (unpaired) electrons. The molecule has 0 unspecified atom stereocenters. The number of ether oxygens (including phenoxy) is 2. The molecule has 0 N–H and O–H groups in total. The molecule has 4 nitrogen and oxygen atoms in total. The summed E-state index contributed by atoms with van der Waals surface area (Å²) in [5, 5.41) is 8.55. The van der Waals surface area contributed by atoms with Gasteiger partial charge in [0.15, 0.2) is 6.10 Å². The van der Waals surface area contributed by atoms with Gasteiger partial charge < -0.3 is 9.47 Å². The van der Waals surface area contributed by atoms with Crippen LogP contribution in [0.25, 0.3) is 0 Å². The molecule has 4 heteroatoms. The molecule has 0 aliphatic carbocycles. The van der Waals surface area contributed by atoms with Crippen molar-refractivity contribution in [2.45, 2.75) is 51.7 Å². The minimum atomic E-state index is -0.468. The van der Waals surface area contributed by atoms with Crippen LogP contribution in [-0.2, 0) is 14.3 Å². The van der Waals surface area contributed by atoms with Crippen LogP contribution in [0.1, 0.15) is 40.0 Å². The number of esters is 1. The van der Waals surface area contributed by atoms with Crippen LogP contribution in [0, 0.1) is 17.2 Å². The molecule has 16 heavy (non-hydrogen) atoms. The third kappa shape index (κ3) is 4.19. The van der Waals surface area contributed by atoms with Gasteiger partial charge in [0.25, 0.3) is 0 Å². The predicted molar refractivity (Wildman–Crippen MR) is 58.5 cm³/mol. The summed E-state index contributed by atoms with van der Waals surface area (Å²) in [6.45, 7) is 6.00. The third-order valence-corrected chi connectivity index (χ3v) is 2.42. The van der Waals surface area contributed by atoms with Crippen LogP contribution >= 0.6 is 0 Å². The second kappa shape index (κ2) is 5.31. The van der Waals surface area contributed by atoms with Gasteiger partial charge in [-0.3, -0.25) is 0 Å². The Morgan fingerprint density at radius 2 is 2.19 bits per heavy atom. The van der Waals surface area contributed by atoms with E-state index in [4.69, 9.17) is 14.7 Å². The van der Waals surface area contributed by atoms with Crippen LogP contribution in [0.4, 0.5) is 0 Å². The Balaban J connectivity index is 2.37. The molecule has 0 bridgehead atoms. The molecule has 0 amide bonds. The number of carbonyl (C=O) groups is 1. The molecule has 0 spiro atoms. The van der Waals surface area contributed by atoms with E-state index in [0.29, 0.717) is 19.4 Å². The Morgan fingerprint density at radius 1 is 1.50 bits per heavy atom. The van der Waals surface area contributed by atoms with Crippen molar-refractivity contribution in [2.24, 2.45) is 5.92 Å². The molecule has 2 atom stereocenters. The topological polar surface area (TPSA) is 59.3 Å². The van der Waals surface area contributed by atoms with E-state index in [0.717, 1.165) is 6.42 Å². The van der Waals surface area contributed by atoms with Crippen molar-refractivity contribution in [3.63, 3.8) is 0 Å². The zero-order chi connectivity index (χ0) is 12.2. The molecule has 1 rings (SSSR count).